The molecule has 3 heterocycles. The first kappa shape index (κ1) is 22.7. The zero-order valence-corrected chi connectivity index (χ0v) is 19.8. The molecule has 2 fully saturated rings. The van der Waals surface area contributed by atoms with Gasteiger partial charge < -0.3 is 24.2 Å². The molecule has 180 valence electrons. The fourth-order valence-corrected chi connectivity index (χ4v) is 5.40. The Kier molecular flexibility index (Phi) is 6.72. The number of rotatable bonds is 5. The number of fused-ring (bicyclic) bond motifs is 1. The number of carbonyl (C=O) groups is 2. The molecule has 34 heavy (non-hydrogen) atoms. The number of ether oxygens (including phenoxy) is 2. The lowest BCUT2D eigenvalue weighted by Crippen LogP contribution is -2.50. The fraction of sp³-hybridized carbons (Fsp3) is 0.481. The Morgan fingerprint density at radius 1 is 0.912 bits per heavy atom. The van der Waals surface area contributed by atoms with Gasteiger partial charge in [0.2, 0.25) is 12.7 Å². The Bertz CT molecular complexity index is 1010. The Morgan fingerprint density at radius 3 is 2.35 bits per heavy atom. The molecule has 0 N–H and O–H groups in total. The summed E-state index contributed by atoms with van der Waals surface area (Å²) in [5.41, 5.74) is 1.82. The molecule has 7 nitrogen and oxygen atoms in total. The molecule has 0 radical (unpaired) electrons. The number of benzene rings is 2. The van der Waals surface area contributed by atoms with Crippen LogP contribution in [0, 0.1) is 5.92 Å². The van der Waals surface area contributed by atoms with Crippen LogP contribution < -0.4 is 9.47 Å². The standard InChI is InChI=1S/C27H33N3O4/c1-28(18-20-5-3-2-4-6-20)26(31)21-9-13-29(14-10-21)23-11-15-30(16-12-23)27(32)22-7-8-24-25(17-22)34-19-33-24/h2-8,17,21,23H,9-16,18-19H2,1H3. The van der Waals surface area contributed by atoms with Crippen molar-refractivity contribution in [2.45, 2.75) is 38.3 Å². The second-order valence-corrected chi connectivity index (χ2v) is 9.58. The lowest BCUT2D eigenvalue weighted by atomic mass is 9.92. The highest BCUT2D eigenvalue weighted by atomic mass is 16.7. The van der Waals surface area contributed by atoms with Crippen molar-refractivity contribution in [1.82, 2.24) is 14.7 Å². The van der Waals surface area contributed by atoms with Crippen LogP contribution in [-0.2, 0) is 11.3 Å². The predicted octanol–water partition coefficient (Wildman–Crippen LogP) is 3.39. The summed E-state index contributed by atoms with van der Waals surface area (Å²) < 4.78 is 10.8. The van der Waals surface area contributed by atoms with Crippen LogP contribution in [0.5, 0.6) is 11.5 Å². The molecule has 0 aromatic heterocycles. The molecule has 3 aliphatic heterocycles. The van der Waals surface area contributed by atoms with E-state index in [1.165, 1.54) is 0 Å². The van der Waals surface area contributed by atoms with E-state index in [0.29, 0.717) is 29.6 Å². The van der Waals surface area contributed by atoms with Gasteiger partial charge in [-0.3, -0.25) is 9.59 Å². The SMILES string of the molecule is CN(Cc1ccccc1)C(=O)C1CCN(C2CCN(C(=O)c3ccc4c(c3)OCO4)CC2)CC1. The summed E-state index contributed by atoms with van der Waals surface area (Å²) in [7, 11) is 1.91. The molecule has 7 heteroatoms. The lowest BCUT2D eigenvalue weighted by Gasteiger charge is -2.42. The smallest absolute Gasteiger partial charge is 0.253 e. The topological polar surface area (TPSA) is 62.3 Å². The van der Waals surface area contributed by atoms with E-state index in [4.69, 9.17) is 9.47 Å². The van der Waals surface area contributed by atoms with Crippen molar-refractivity contribution < 1.29 is 19.1 Å². The molecular weight excluding hydrogens is 430 g/mol. The Hall–Kier alpha value is -3.06. The van der Waals surface area contributed by atoms with Gasteiger partial charge in [0.25, 0.3) is 5.91 Å². The van der Waals surface area contributed by atoms with Crippen LogP contribution in [0.25, 0.3) is 0 Å². The highest BCUT2D eigenvalue weighted by Gasteiger charge is 2.33. The molecule has 0 saturated carbocycles. The van der Waals surface area contributed by atoms with Crippen molar-refractivity contribution in [3.63, 3.8) is 0 Å². The van der Waals surface area contributed by atoms with Gasteiger partial charge in [0, 0.05) is 44.2 Å². The van der Waals surface area contributed by atoms with Gasteiger partial charge in [-0.2, -0.15) is 0 Å². The van der Waals surface area contributed by atoms with Gasteiger partial charge in [-0.15, -0.1) is 0 Å². The maximum atomic E-state index is 13.0. The normalized spacial score (nSPS) is 19.3. The van der Waals surface area contributed by atoms with Crippen LogP contribution in [0.4, 0.5) is 0 Å². The van der Waals surface area contributed by atoms with Gasteiger partial charge in [-0.1, -0.05) is 30.3 Å². The second kappa shape index (κ2) is 10.1. The van der Waals surface area contributed by atoms with E-state index in [2.05, 4.69) is 17.0 Å². The van der Waals surface area contributed by atoms with Gasteiger partial charge in [0.1, 0.15) is 0 Å². The van der Waals surface area contributed by atoms with Crippen molar-refractivity contribution in [3.05, 3.63) is 59.7 Å². The lowest BCUT2D eigenvalue weighted by molar-refractivity contribution is -0.136. The third-order valence-electron chi connectivity index (χ3n) is 7.41. The zero-order chi connectivity index (χ0) is 23.5. The molecule has 2 saturated heterocycles. The van der Waals surface area contributed by atoms with E-state index < -0.39 is 0 Å². The van der Waals surface area contributed by atoms with Crippen LogP contribution in [0.15, 0.2) is 48.5 Å². The number of amides is 2. The summed E-state index contributed by atoms with van der Waals surface area (Å²) in [5.74, 6) is 1.77. The summed E-state index contributed by atoms with van der Waals surface area (Å²) >= 11 is 0. The molecule has 0 spiro atoms. The van der Waals surface area contributed by atoms with Gasteiger partial charge in [-0.25, -0.2) is 0 Å². The van der Waals surface area contributed by atoms with Crippen molar-refractivity contribution >= 4 is 11.8 Å². The highest BCUT2D eigenvalue weighted by molar-refractivity contribution is 5.95. The maximum Gasteiger partial charge on any atom is 0.253 e. The zero-order valence-electron chi connectivity index (χ0n) is 19.8. The van der Waals surface area contributed by atoms with E-state index in [-0.39, 0.29) is 24.5 Å². The van der Waals surface area contributed by atoms with E-state index >= 15 is 0 Å². The van der Waals surface area contributed by atoms with Crippen molar-refractivity contribution in [2.75, 3.05) is 40.0 Å². The maximum absolute atomic E-state index is 13.0. The van der Waals surface area contributed by atoms with Gasteiger partial charge in [-0.05, 0) is 62.5 Å². The molecule has 0 atom stereocenters. The predicted molar refractivity (Wildman–Crippen MR) is 129 cm³/mol. The van der Waals surface area contributed by atoms with Crippen LogP contribution in [0.1, 0.15) is 41.6 Å². The molecule has 5 rings (SSSR count). The Balaban J connectivity index is 1.08. The number of hydrogen-bond acceptors (Lipinski definition) is 5. The average Bonchev–Trinajstić information content (AvgIpc) is 3.37. The first-order chi connectivity index (χ1) is 16.6. The molecule has 2 aromatic carbocycles. The van der Waals surface area contributed by atoms with Crippen LogP contribution in [0.3, 0.4) is 0 Å². The number of likely N-dealkylation sites (tertiary alicyclic amines) is 2. The molecular formula is C27H33N3O4. The van der Waals surface area contributed by atoms with Crippen LogP contribution in [0.2, 0.25) is 0 Å². The summed E-state index contributed by atoms with van der Waals surface area (Å²) in [5, 5.41) is 0. The third-order valence-corrected chi connectivity index (χ3v) is 7.41. The third kappa shape index (κ3) is 4.89. The quantitative estimate of drug-likeness (QED) is 0.680. The van der Waals surface area contributed by atoms with Gasteiger partial charge in [0.15, 0.2) is 11.5 Å². The molecule has 2 aromatic rings. The molecule has 0 bridgehead atoms. The van der Waals surface area contributed by atoms with Crippen molar-refractivity contribution in [2.24, 2.45) is 5.92 Å². The average molecular weight is 464 g/mol. The molecule has 3 aliphatic rings. The van der Waals surface area contributed by atoms with Crippen molar-refractivity contribution in [3.8, 4) is 11.5 Å². The minimum Gasteiger partial charge on any atom is -0.454 e. The number of piperidine rings is 2. The molecule has 2 amide bonds. The van der Waals surface area contributed by atoms with E-state index in [0.717, 1.165) is 57.4 Å². The highest BCUT2D eigenvalue weighted by Crippen LogP contribution is 2.33. The number of hydrogen-bond donors (Lipinski definition) is 0. The summed E-state index contributed by atoms with van der Waals surface area (Å²) in [6, 6.07) is 16.1. The fourth-order valence-electron chi connectivity index (χ4n) is 5.40. The Morgan fingerprint density at radius 2 is 1.62 bits per heavy atom. The van der Waals surface area contributed by atoms with Gasteiger partial charge >= 0.3 is 0 Å². The second-order valence-electron chi connectivity index (χ2n) is 9.58. The Labute approximate surface area is 201 Å². The molecule has 0 unspecified atom stereocenters. The van der Waals surface area contributed by atoms with Crippen molar-refractivity contribution in [1.29, 1.82) is 0 Å². The minimum atomic E-state index is 0.0579. The minimum absolute atomic E-state index is 0.0579. The number of carbonyl (C=O) groups excluding carboxylic acids is 2. The summed E-state index contributed by atoms with van der Waals surface area (Å²) in [6.07, 6.45) is 3.77. The van der Waals surface area contributed by atoms with Crippen LogP contribution >= 0.6 is 0 Å². The van der Waals surface area contributed by atoms with E-state index in [1.807, 2.05) is 47.2 Å². The largest absolute Gasteiger partial charge is 0.454 e. The number of nitrogens with zero attached hydrogens (tertiary/aromatic N) is 3. The first-order valence-corrected chi connectivity index (χ1v) is 12.3. The summed E-state index contributed by atoms with van der Waals surface area (Å²) in [4.78, 5) is 32.3. The van der Waals surface area contributed by atoms with E-state index in [9.17, 15) is 9.59 Å². The van der Waals surface area contributed by atoms with Crippen LogP contribution in [-0.4, -0.2) is 72.6 Å². The monoisotopic (exact) mass is 463 g/mol. The molecule has 0 aliphatic carbocycles. The first-order valence-electron chi connectivity index (χ1n) is 12.3. The summed E-state index contributed by atoms with van der Waals surface area (Å²) in [6.45, 7) is 4.31. The van der Waals surface area contributed by atoms with Gasteiger partial charge in [0.05, 0.1) is 0 Å². The van der Waals surface area contributed by atoms with E-state index in [1.54, 1.807) is 6.07 Å².